The molecule has 0 atom stereocenters. The third kappa shape index (κ3) is 3.43. The molecule has 2 heterocycles. The number of pyridine rings is 1. The second-order valence-electron chi connectivity index (χ2n) is 6.59. The Bertz CT molecular complexity index is 620. The van der Waals surface area contributed by atoms with Crippen LogP contribution in [0.2, 0.25) is 0 Å². The molecule has 1 saturated heterocycles. The molecular weight excluding hydrogens is 298 g/mol. The highest BCUT2D eigenvalue weighted by atomic mass is 32.2. The zero-order valence-electron chi connectivity index (χ0n) is 13.4. The lowest BCUT2D eigenvalue weighted by atomic mass is 9.97. The molecule has 122 valence electrons. The van der Waals surface area contributed by atoms with Gasteiger partial charge in [0.05, 0.1) is 5.25 Å². The highest BCUT2D eigenvalue weighted by molar-refractivity contribution is 7.90. The summed E-state index contributed by atoms with van der Waals surface area (Å²) in [6.45, 7) is 4.58. The van der Waals surface area contributed by atoms with Crippen LogP contribution in [0.4, 0.5) is 5.82 Å². The highest BCUT2D eigenvalue weighted by Gasteiger charge is 2.39. The van der Waals surface area contributed by atoms with Crippen molar-refractivity contribution in [2.24, 2.45) is 5.92 Å². The molecule has 0 amide bonds. The number of aromatic nitrogens is 1. The Balaban J connectivity index is 1.53. The number of hydrogen-bond donors (Lipinski definition) is 0. The van der Waals surface area contributed by atoms with E-state index < -0.39 is 10.0 Å². The van der Waals surface area contributed by atoms with E-state index >= 15 is 0 Å². The molecule has 1 saturated carbocycles. The minimum atomic E-state index is -3.03. The number of hydrogen-bond acceptors (Lipinski definition) is 4. The molecule has 1 aliphatic heterocycles. The Labute approximate surface area is 133 Å². The van der Waals surface area contributed by atoms with Crippen LogP contribution >= 0.6 is 0 Å². The van der Waals surface area contributed by atoms with Gasteiger partial charge in [-0.05, 0) is 50.7 Å². The van der Waals surface area contributed by atoms with E-state index in [-0.39, 0.29) is 5.25 Å². The van der Waals surface area contributed by atoms with Crippen molar-refractivity contribution < 1.29 is 8.42 Å². The standard InChI is InChI=1S/C16H25N3O2S/c1-13-4-3-5-16(17-13)19-10-8-14(9-11-19)12-18(2)22(20,21)15-6-7-15/h3-5,14-15H,6-12H2,1-2H3. The van der Waals surface area contributed by atoms with Crippen LogP contribution in [0.5, 0.6) is 0 Å². The van der Waals surface area contributed by atoms with Crippen LogP contribution in [0.15, 0.2) is 18.2 Å². The molecule has 1 aromatic rings. The molecule has 0 aromatic carbocycles. The van der Waals surface area contributed by atoms with Gasteiger partial charge < -0.3 is 4.90 Å². The summed E-state index contributed by atoms with van der Waals surface area (Å²) in [6.07, 6.45) is 3.73. The first-order valence-corrected chi connectivity index (χ1v) is 9.61. The van der Waals surface area contributed by atoms with Crippen molar-refractivity contribution in [3.8, 4) is 0 Å². The smallest absolute Gasteiger partial charge is 0.216 e. The van der Waals surface area contributed by atoms with E-state index in [1.807, 2.05) is 19.1 Å². The number of sulfonamides is 1. The van der Waals surface area contributed by atoms with Crippen LogP contribution in [0.25, 0.3) is 0 Å². The summed E-state index contributed by atoms with van der Waals surface area (Å²) in [4.78, 5) is 6.88. The van der Waals surface area contributed by atoms with Crippen LogP contribution < -0.4 is 4.90 Å². The third-order valence-electron chi connectivity index (χ3n) is 4.71. The van der Waals surface area contributed by atoms with Crippen molar-refractivity contribution in [2.75, 3.05) is 31.6 Å². The molecule has 3 rings (SSSR count). The van der Waals surface area contributed by atoms with Gasteiger partial charge in [0.15, 0.2) is 0 Å². The Morgan fingerprint density at radius 1 is 1.23 bits per heavy atom. The fourth-order valence-corrected chi connectivity index (χ4v) is 4.80. The van der Waals surface area contributed by atoms with Gasteiger partial charge in [-0.3, -0.25) is 0 Å². The quantitative estimate of drug-likeness (QED) is 0.832. The molecule has 1 aliphatic carbocycles. The van der Waals surface area contributed by atoms with Crippen molar-refractivity contribution in [1.29, 1.82) is 0 Å². The van der Waals surface area contributed by atoms with Crippen LogP contribution in [0, 0.1) is 12.8 Å². The molecule has 22 heavy (non-hydrogen) atoms. The minimum absolute atomic E-state index is 0.103. The van der Waals surface area contributed by atoms with Gasteiger partial charge in [0.25, 0.3) is 0 Å². The van der Waals surface area contributed by atoms with Crippen LogP contribution in [-0.2, 0) is 10.0 Å². The Hall–Kier alpha value is -1.14. The van der Waals surface area contributed by atoms with E-state index in [0.717, 1.165) is 50.3 Å². The SMILES string of the molecule is Cc1cccc(N2CCC(CN(C)S(=O)(=O)C3CC3)CC2)n1. The molecule has 2 aliphatic rings. The van der Waals surface area contributed by atoms with Crippen molar-refractivity contribution in [3.63, 3.8) is 0 Å². The molecule has 1 aromatic heterocycles. The van der Waals surface area contributed by atoms with Crippen molar-refractivity contribution in [1.82, 2.24) is 9.29 Å². The summed E-state index contributed by atoms with van der Waals surface area (Å²) in [6, 6.07) is 6.10. The second-order valence-corrected chi connectivity index (χ2v) is 8.91. The summed E-state index contributed by atoms with van der Waals surface area (Å²) in [7, 11) is -1.29. The lowest BCUT2D eigenvalue weighted by Gasteiger charge is -2.34. The number of aryl methyl sites for hydroxylation is 1. The molecule has 0 spiro atoms. The first kappa shape index (κ1) is 15.7. The van der Waals surface area contributed by atoms with Gasteiger partial charge in [-0.2, -0.15) is 0 Å². The molecule has 0 radical (unpaired) electrons. The van der Waals surface area contributed by atoms with Gasteiger partial charge in [0.2, 0.25) is 10.0 Å². The van der Waals surface area contributed by atoms with E-state index in [9.17, 15) is 8.42 Å². The number of piperidine rings is 1. The maximum atomic E-state index is 12.2. The molecule has 2 fully saturated rings. The Morgan fingerprint density at radius 2 is 1.91 bits per heavy atom. The van der Waals surface area contributed by atoms with E-state index in [1.165, 1.54) is 0 Å². The largest absolute Gasteiger partial charge is 0.357 e. The van der Waals surface area contributed by atoms with Gasteiger partial charge in [0.1, 0.15) is 5.82 Å². The first-order valence-electron chi connectivity index (χ1n) is 8.10. The van der Waals surface area contributed by atoms with Gasteiger partial charge in [-0.25, -0.2) is 17.7 Å². The van der Waals surface area contributed by atoms with Crippen molar-refractivity contribution in [2.45, 2.75) is 37.9 Å². The van der Waals surface area contributed by atoms with E-state index in [1.54, 1.807) is 11.4 Å². The van der Waals surface area contributed by atoms with Crippen molar-refractivity contribution >= 4 is 15.8 Å². The molecular formula is C16H25N3O2S. The highest BCUT2D eigenvalue weighted by Crippen LogP contribution is 2.31. The lowest BCUT2D eigenvalue weighted by molar-refractivity contribution is 0.327. The fraction of sp³-hybridized carbons (Fsp3) is 0.688. The summed E-state index contributed by atoms with van der Waals surface area (Å²) in [5.41, 5.74) is 1.04. The van der Waals surface area contributed by atoms with E-state index in [2.05, 4.69) is 16.0 Å². The molecule has 0 N–H and O–H groups in total. The zero-order chi connectivity index (χ0) is 15.7. The van der Waals surface area contributed by atoms with Crippen LogP contribution in [-0.4, -0.2) is 49.6 Å². The maximum absolute atomic E-state index is 12.2. The van der Waals surface area contributed by atoms with Crippen LogP contribution in [0.3, 0.4) is 0 Å². The minimum Gasteiger partial charge on any atom is -0.357 e. The van der Waals surface area contributed by atoms with Gasteiger partial charge in [0, 0.05) is 32.4 Å². The predicted octanol–water partition coefficient (Wildman–Crippen LogP) is 2.03. The molecule has 0 unspecified atom stereocenters. The number of nitrogens with zero attached hydrogens (tertiary/aromatic N) is 3. The van der Waals surface area contributed by atoms with E-state index in [0.29, 0.717) is 12.5 Å². The number of rotatable bonds is 5. The number of anilines is 1. The van der Waals surface area contributed by atoms with E-state index in [4.69, 9.17) is 0 Å². The fourth-order valence-electron chi connectivity index (χ4n) is 3.14. The topological polar surface area (TPSA) is 53.5 Å². The second kappa shape index (κ2) is 6.16. The monoisotopic (exact) mass is 323 g/mol. The van der Waals surface area contributed by atoms with Crippen molar-refractivity contribution in [3.05, 3.63) is 23.9 Å². The summed E-state index contributed by atoms with van der Waals surface area (Å²) >= 11 is 0. The predicted molar refractivity (Wildman–Crippen MR) is 88.5 cm³/mol. The summed E-state index contributed by atoms with van der Waals surface area (Å²) < 4.78 is 26.0. The van der Waals surface area contributed by atoms with Gasteiger partial charge in [-0.1, -0.05) is 6.07 Å². The molecule has 5 nitrogen and oxygen atoms in total. The zero-order valence-corrected chi connectivity index (χ0v) is 14.2. The lowest BCUT2D eigenvalue weighted by Crippen LogP contribution is -2.40. The maximum Gasteiger partial charge on any atom is 0.216 e. The Morgan fingerprint density at radius 3 is 2.50 bits per heavy atom. The first-order chi connectivity index (χ1) is 10.5. The average molecular weight is 323 g/mol. The van der Waals surface area contributed by atoms with Gasteiger partial charge in [-0.15, -0.1) is 0 Å². The molecule has 6 heteroatoms. The van der Waals surface area contributed by atoms with Gasteiger partial charge >= 0.3 is 0 Å². The average Bonchev–Trinajstić information content (AvgIpc) is 3.33. The molecule has 0 bridgehead atoms. The van der Waals surface area contributed by atoms with Crippen LogP contribution in [0.1, 0.15) is 31.4 Å². The Kier molecular flexibility index (Phi) is 4.41. The summed E-state index contributed by atoms with van der Waals surface area (Å²) in [5, 5.41) is -0.103. The normalized spacial score (nSPS) is 20.6. The summed E-state index contributed by atoms with van der Waals surface area (Å²) in [5.74, 6) is 1.50. The third-order valence-corrected chi connectivity index (χ3v) is 7.04.